The Morgan fingerprint density at radius 3 is 1.35 bits per heavy atom. The third-order valence-electron chi connectivity index (χ3n) is 14.5. The van der Waals surface area contributed by atoms with Gasteiger partial charge in [-0.05, 0) is 89.7 Å². The molecule has 4 aliphatic heterocycles. The molecule has 0 radical (unpaired) electrons. The predicted molar refractivity (Wildman–Crippen MR) is 236 cm³/mol. The van der Waals surface area contributed by atoms with Gasteiger partial charge < -0.3 is 30.0 Å². The van der Waals surface area contributed by atoms with Crippen molar-refractivity contribution in [3.8, 4) is 0 Å². The van der Waals surface area contributed by atoms with Crippen molar-refractivity contribution in [3.63, 3.8) is 0 Å². The zero-order chi connectivity index (χ0) is 42.5. The van der Waals surface area contributed by atoms with E-state index in [0.717, 1.165) is 63.0 Å². The molecule has 2 amide bonds. The second-order valence-corrected chi connectivity index (χ2v) is 18.2. The maximum absolute atomic E-state index is 13.4. The molecule has 2 saturated heterocycles. The minimum atomic E-state index is -0.328. The van der Waals surface area contributed by atoms with Gasteiger partial charge in [0.25, 0.3) is 11.1 Å². The van der Waals surface area contributed by atoms with Crippen LogP contribution < -0.4 is 21.8 Å². The molecule has 4 fully saturated rings. The molecule has 8 atom stereocenters. The van der Waals surface area contributed by atoms with Crippen LogP contribution in [0.15, 0.2) is 46.0 Å². The van der Waals surface area contributed by atoms with Gasteiger partial charge in [0.05, 0.1) is 24.2 Å². The second-order valence-electron chi connectivity index (χ2n) is 18.2. The highest BCUT2D eigenvalue weighted by Gasteiger charge is 2.56. The number of hydrogen-bond acceptors (Lipinski definition) is 8. The molecule has 2 aromatic heterocycles. The van der Waals surface area contributed by atoms with E-state index >= 15 is 0 Å². The van der Waals surface area contributed by atoms with Gasteiger partial charge in [0.1, 0.15) is 0 Å². The fraction of sp³-hybridized carbons (Fsp3) is 0.667. The summed E-state index contributed by atoms with van der Waals surface area (Å²) in [5.74, 6) is -0.0369. The molecule has 8 rings (SSSR count). The van der Waals surface area contributed by atoms with E-state index in [1.54, 1.807) is 0 Å². The zero-order valence-electron chi connectivity index (χ0n) is 36.4. The summed E-state index contributed by atoms with van der Waals surface area (Å²) in [7, 11) is 0. The maximum Gasteiger partial charge on any atom is 0.258 e. The average molecular weight is 827 g/mol. The normalized spacial score (nSPS) is 29.3. The SMILES string of the molecule is C/C=C/c1ccc2n(c1=O)C[C@@H]1[C@@H](CO)[C@H](C(=O)NC3CCCCC3)N(CCC)[C@H]21.C/C=C\c1ccc2n(c1=O)C[C@@H]1[C@@H](CO)[C@H](C(=O)NC3CCCCC3)N(CCC)[C@H]21. The minimum Gasteiger partial charge on any atom is -0.396 e. The number of likely N-dealkylation sites (tertiary alicyclic amines) is 2. The van der Waals surface area contributed by atoms with Crippen LogP contribution in [0.1, 0.15) is 139 Å². The molecule has 2 aromatic rings. The number of carbonyl (C=O) groups excluding carboxylic acids is 2. The van der Waals surface area contributed by atoms with Crippen LogP contribution >= 0.6 is 0 Å². The first kappa shape index (κ1) is 44.2. The van der Waals surface area contributed by atoms with Crippen LogP contribution in [0.25, 0.3) is 12.2 Å². The number of nitrogens with zero attached hydrogens (tertiary/aromatic N) is 4. The lowest BCUT2D eigenvalue weighted by Gasteiger charge is -2.32. The van der Waals surface area contributed by atoms with Gasteiger partial charge in [0.15, 0.2) is 0 Å². The molecule has 2 aliphatic carbocycles. The largest absolute Gasteiger partial charge is 0.396 e. The van der Waals surface area contributed by atoms with Crippen LogP contribution in [0.4, 0.5) is 0 Å². The molecule has 6 heterocycles. The van der Waals surface area contributed by atoms with Gasteiger partial charge in [-0.2, -0.15) is 0 Å². The van der Waals surface area contributed by atoms with Crippen LogP contribution in [-0.2, 0) is 22.7 Å². The Balaban J connectivity index is 0.000000181. The summed E-state index contributed by atoms with van der Waals surface area (Å²) in [5.41, 5.74) is 3.40. The minimum absolute atomic E-state index is 0.0107. The van der Waals surface area contributed by atoms with E-state index in [0.29, 0.717) is 24.2 Å². The summed E-state index contributed by atoms with van der Waals surface area (Å²) < 4.78 is 3.73. The number of aliphatic hydroxyl groups is 2. The van der Waals surface area contributed by atoms with Crippen molar-refractivity contribution in [1.29, 1.82) is 0 Å². The highest BCUT2D eigenvalue weighted by Crippen LogP contribution is 2.50. The highest BCUT2D eigenvalue weighted by molar-refractivity contribution is 5.83. The van der Waals surface area contributed by atoms with E-state index in [1.165, 1.54) is 38.5 Å². The first-order chi connectivity index (χ1) is 29.2. The van der Waals surface area contributed by atoms with Crippen LogP contribution in [0.3, 0.4) is 0 Å². The van der Waals surface area contributed by atoms with Crippen molar-refractivity contribution in [2.24, 2.45) is 23.7 Å². The van der Waals surface area contributed by atoms with Crippen molar-refractivity contribution in [1.82, 2.24) is 29.6 Å². The molecule has 12 nitrogen and oxygen atoms in total. The Morgan fingerprint density at radius 2 is 1.02 bits per heavy atom. The molecule has 0 spiro atoms. The molecule has 0 aromatic carbocycles. The fourth-order valence-electron chi connectivity index (χ4n) is 12.0. The zero-order valence-corrected chi connectivity index (χ0v) is 36.4. The third kappa shape index (κ3) is 8.50. The summed E-state index contributed by atoms with van der Waals surface area (Å²) in [6.07, 6.45) is 20.7. The standard InChI is InChI=1S/2C24H35N3O3/c2*1-3-8-16-11-12-20-21-18(14-27(20)24(16)30)19(15-28)22(26(21)13-4-2)23(29)25-17-9-6-5-7-10-17/h2*3,8,11-12,17-19,21-22,28H,4-7,9-10,13-15H2,1-2H3,(H,25,29)/b8-3+;8-3-/t2*18-,19-,21+,22-/m11/s1. The van der Waals surface area contributed by atoms with Crippen molar-refractivity contribution >= 4 is 24.0 Å². The molecule has 0 bridgehead atoms. The topological polar surface area (TPSA) is 149 Å². The lowest BCUT2D eigenvalue weighted by atomic mass is 9.87. The molecular formula is C48H70N6O6. The number of allylic oxidation sites excluding steroid dienone is 2. The molecule has 6 aliphatic rings. The monoisotopic (exact) mass is 827 g/mol. The quantitative estimate of drug-likeness (QED) is 0.222. The molecule has 60 heavy (non-hydrogen) atoms. The van der Waals surface area contributed by atoms with E-state index in [-0.39, 0.29) is 96.1 Å². The Kier molecular flexibility index (Phi) is 14.7. The summed E-state index contributed by atoms with van der Waals surface area (Å²) in [6, 6.07) is 7.75. The number of pyridine rings is 2. The van der Waals surface area contributed by atoms with Crippen molar-refractivity contribution in [3.05, 3.63) is 79.6 Å². The lowest BCUT2D eigenvalue weighted by molar-refractivity contribution is -0.129. The third-order valence-corrected chi connectivity index (χ3v) is 14.5. The molecule has 4 N–H and O–H groups in total. The molecule has 2 saturated carbocycles. The van der Waals surface area contributed by atoms with Gasteiger partial charge in [-0.3, -0.25) is 29.0 Å². The van der Waals surface area contributed by atoms with Gasteiger partial charge in [-0.25, -0.2) is 0 Å². The number of fused-ring (bicyclic) bond motifs is 6. The average Bonchev–Trinajstić information content (AvgIpc) is 3.99. The van der Waals surface area contributed by atoms with Gasteiger partial charge in [0, 0.05) is 84.6 Å². The van der Waals surface area contributed by atoms with E-state index < -0.39 is 0 Å². The summed E-state index contributed by atoms with van der Waals surface area (Å²) >= 11 is 0. The summed E-state index contributed by atoms with van der Waals surface area (Å²) in [4.78, 5) is 57.2. The van der Waals surface area contributed by atoms with Crippen LogP contribution in [-0.4, -0.2) is 91.4 Å². The first-order valence-corrected chi connectivity index (χ1v) is 23.3. The van der Waals surface area contributed by atoms with Crippen LogP contribution in [0.2, 0.25) is 0 Å². The molecule has 0 unspecified atom stereocenters. The number of hydrogen-bond donors (Lipinski definition) is 4. The molecule has 12 heteroatoms. The van der Waals surface area contributed by atoms with Gasteiger partial charge in [0.2, 0.25) is 11.8 Å². The van der Waals surface area contributed by atoms with E-state index in [9.17, 15) is 29.4 Å². The number of aromatic nitrogens is 2. The van der Waals surface area contributed by atoms with Crippen molar-refractivity contribution in [2.75, 3.05) is 26.3 Å². The number of amides is 2. The Bertz CT molecular complexity index is 1850. The van der Waals surface area contributed by atoms with Crippen LogP contribution in [0.5, 0.6) is 0 Å². The first-order valence-electron chi connectivity index (χ1n) is 23.3. The number of aliphatic hydroxyl groups excluding tert-OH is 2. The van der Waals surface area contributed by atoms with E-state index in [1.807, 2.05) is 71.6 Å². The number of rotatable bonds is 12. The van der Waals surface area contributed by atoms with Gasteiger partial charge in [-0.15, -0.1) is 0 Å². The van der Waals surface area contributed by atoms with Gasteiger partial charge >= 0.3 is 0 Å². The van der Waals surface area contributed by atoms with Gasteiger partial charge in [-0.1, -0.05) is 76.7 Å². The second kappa shape index (κ2) is 19.9. The lowest BCUT2D eigenvalue weighted by Crippen LogP contribution is -2.51. The fourth-order valence-corrected chi connectivity index (χ4v) is 12.0. The van der Waals surface area contributed by atoms with E-state index in [4.69, 9.17) is 0 Å². The number of nitrogens with one attached hydrogen (secondary N) is 2. The predicted octanol–water partition coefficient (Wildman–Crippen LogP) is 5.41. The van der Waals surface area contributed by atoms with Crippen molar-refractivity contribution in [2.45, 2.75) is 154 Å². The summed E-state index contributed by atoms with van der Waals surface area (Å²) in [6.45, 7) is 10.7. The Labute approximate surface area is 356 Å². The number of carbonyl (C=O) groups is 2. The smallest absolute Gasteiger partial charge is 0.258 e. The summed E-state index contributed by atoms with van der Waals surface area (Å²) in [5, 5.41) is 27.2. The molecule has 328 valence electrons. The van der Waals surface area contributed by atoms with E-state index in [2.05, 4.69) is 34.3 Å². The maximum atomic E-state index is 13.4. The van der Waals surface area contributed by atoms with Crippen molar-refractivity contribution < 1.29 is 19.8 Å². The Morgan fingerprint density at radius 1 is 0.633 bits per heavy atom. The molecular weight excluding hydrogens is 757 g/mol. The van der Waals surface area contributed by atoms with Crippen LogP contribution in [0, 0.1) is 23.7 Å². The Hall–Kier alpha value is -3.84. The highest BCUT2D eigenvalue weighted by atomic mass is 16.3.